The molecule has 24 heavy (non-hydrogen) atoms. The first-order chi connectivity index (χ1) is 11.6. The zero-order chi connectivity index (χ0) is 16.9. The van der Waals surface area contributed by atoms with Crippen LogP contribution in [0.4, 0.5) is 0 Å². The van der Waals surface area contributed by atoms with Gasteiger partial charge < -0.3 is 9.88 Å². The zero-order valence-corrected chi connectivity index (χ0v) is 14.3. The highest BCUT2D eigenvalue weighted by molar-refractivity contribution is 6.30. The van der Waals surface area contributed by atoms with Crippen molar-refractivity contribution in [1.82, 2.24) is 9.88 Å². The van der Waals surface area contributed by atoms with E-state index in [9.17, 15) is 9.59 Å². The molecule has 5 heteroatoms. The van der Waals surface area contributed by atoms with E-state index in [4.69, 9.17) is 11.6 Å². The fraction of sp³-hybridized carbons (Fsp3) is 0.368. The number of nitrogens with zero attached hydrogens (tertiary/aromatic N) is 1. The normalized spacial score (nSPS) is 15.5. The maximum absolute atomic E-state index is 12.4. The lowest BCUT2D eigenvalue weighted by Gasteiger charge is -2.32. The third-order valence-electron chi connectivity index (χ3n) is 4.66. The first kappa shape index (κ1) is 16.8. The molecule has 3 rings (SSSR count). The first-order valence-electron chi connectivity index (χ1n) is 8.32. The summed E-state index contributed by atoms with van der Waals surface area (Å²) in [6, 6.07) is 11.3. The smallest absolute Gasteiger partial charge is 0.248 e. The topological polar surface area (TPSA) is 53.2 Å². The van der Waals surface area contributed by atoms with Crippen LogP contribution in [0.2, 0.25) is 5.02 Å². The number of benzene rings is 1. The summed E-state index contributed by atoms with van der Waals surface area (Å²) in [5.74, 6) is 0.571. The van der Waals surface area contributed by atoms with Gasteiger partial charge in [-0.05, 0) is 54.5 Å². The van der Waals surface area contributed by atoms with Gasteiger partial charge in [-0.2, -0.15) is 0 Å². The van der Waals surface area contributed by atoms with Gasteiger partial charge in [-0.1, -0.05) is 23.7 Å². The van der Waals surface area contributed by atoms with E-state index < -0.39 is 0 Å². The van der Waals surface area contributed by atoms with Crippen LogP contribution in [0.3, 0.4) is 0 Å². The number of rotatable bonds is 4. The second-order valence-corrected chi connectivity index (χ2v) is 6.70. The lowest BCUT2D eigenvalue weighted by Crippen LogP contribution is -2.38. The number of amides is 1. The molecule has 0 saturated carbocycles. The van der Waals surface area contributed by atoms with Crippen LogP contribution in [0.15, 0.2) is 47.4 Å². The van der Waals surface area contributed by atoms with Crippen molar-refractivity contribution in [2.45, 2.75) is 31.6 Å². The quantitative estimate of drug-likeness (QED) is 0.924. The molecule has 0 radical (unpaired) electrons. The molecule has 2 heterocycles. The van der Waals surface area contributed by atoms with E-state index in [1.165, 1.54) is 0 Å². The average molecular weight is 345 g/mol. The van der Waals surface area contributed by atoms with Crippen molar-refractivity contribution in [2.24, 2.45) is 0 Å². The molecule has 1 aromatic carbocycles. The Kier molecular flexibility index (Phi) is 5.36. The van der Waals surface area contributed by atoms with E-state index in [1.807, 2.05) is 35.2 Å². The summed E-state index contributed by atoms with van der Waals surface area (Å²) < 4.78 is 0. The van der Waals surface area contributed by atoms with E-state index in [1.54, 1.807) is 12.3 Å². The van der Waals surface area contributed by atoms with Crippen LogP contribution in [-0.4, -0.2) is 28.9 Å². The van der Waals surface area contributed by atoms with Crippen LogP contribution in [0.5, 0.6) is 0 Å². The van der Waals surface area contributed by atoms with Gasteiger partial charge in [0.15, 0.2) is 0 Å². The molecule has 1 amide bonds. The Bertz CT molecular complexity index is 746. The van der Waals surface area contributed by atoms with Crippen LogP contribution in [0, 0.1) is 0 Å². The lowest BCUT2D eigenvalue weighted by molar-refractivity contribution is -0.132. The standard InChI is InChI=1S/C19H21ClN2O2/c20-17-4-1-14(2-5-17)3-6-19(24)22-11-8-15(9-12-22)16-7-10-21-18(23)13-16/h1-2,4-5,7,10,13,15H,3,6,8-9,11-12H2,(H,21,23). The van der Waals surface area contributed by atoms with Crippen LogP contribution in [-0.2, 0) is 11.2 Å². The van der Waals surface area contributed by atoms with Gasteiger partial charge >= 0.3 is 0 Å². The van der Waals surface area contributed by atoms with Gasteiger partial charge in [0.25, 0.3) is 0 Å². The number of aromatic nitrogens is 1. The van der Waals surface area contributed by atoms with Gasteiger partial charge in [-0.25, -0.2) is 0 Å². The second-order valence-electron chi connectivity index (χ2n) is 6.27. The van der Waals surface area contributed by atoms with Crippen molar-refractivity contribution in [3.8, 4) is 0 Å². The third kappa shape index (κ3) is 4.26. The molecule has 0 spiro atoms. The minimum atomic E-state index is -0.0611. The highest BCUT2D eigenvalue weighted by Gasteiger charge is 2.23. The van der Waals surface area contributed by atoms with Gasteiger partial charge in [0.05, 0.1) is 0 Å². The molecule has 1 aliphatic heterocycles. The Hall–Kier alpha value is -2.07. The number of carbonyl (C=O) groups is 1. The number of pyridine rings is 1. The molecule has 0 unspecified atom stereocenters. The summed E-state index contributed by atoms with van der Waals surface area (Å²) in [7, 11) is 0. The van der Waals surface area contributed by atoms with Crippen molar-refractivity contribution in [3.63, 3.8) is 0 Å². The summed E-state index contributed by atoms with van der Waals surface area (Å²) in [4.78, 5) is 28.4. The second kappa shape index (κ2) is 7.67. The molecule has 0 aliphatic carbocycles. The van der Waals surface area contributed by atoms with Crippen LogP contribution < -0.4 is 5.56 Å². The van der Waals surface area contributed by atoms with E-state index in [-0.39, 0.29) is 11.5 Å². The Morgan fingerprint density at radius 1 is 1.17 bits per heavy atom. The van der Waals surface area contributed by atoms with Crippen LogP contribution in [0.1, 0.15) is 36.3 Å². The Labute approximate surface area is 146 Å². The first-order valence-corrected chi connectivity index (χ1v) is 8.70. The molecule has 2 aromatic rings. The number of H-pyrrole nitrogens is 1. The minimum absolute atomic E-state index is 0.0611. The number of hydrogen-bond donors (Lipinski definition) is 1. The van der Waals surface area contributed by atoms with Crippen molar-refractivity contribution >= 4 is 17.5 Å². The van der Waals surface area contributed by atoms with Gasteiger partial charge in [0.1, 0.15) is 0 Å². The Morgan fingerprint density at radius 3 is 2.54 bits per heavy atom. The fourth-order valence-corrected chi connectivity index (χ4v) is 3.36. The van der Waals surface area contributed by atoms with E-state index in [2.05, 4.69) is 4.98 Å². The maximum atomic E-state index is 12.4. The molecule has 126 valence electrons. The van der Waals surface area contributed by atoms with Crippen molar-refractivity contribution in [3.05, 3.63) is 69.1 Å². The van der Waals surface area contributed by atoms with Crippen molar-refractivity contribution in [2.75, 3.05) is 13.1 Å². The number of aryl methyl sites for hydroxylation is 1. The number of aromatic amines is 1. The number of piperidine rings is 1. The molecule has 0 bridgehead atoms. The zero-order valence-electron chi connectivity index (χ0n) is 13.5. The number of likely N-dealkylation sites (tertiary alicyclic amines) is 1. The largest absolute Gasteiger partial charge is 0.343 e. The summed E-state index contributed by atoms with van der Waals surface area (Å²) in [5.41, 5.74) is 2.15. The molecular weight excluding hydrogens is 324 g/mol. The van der Waals surface area contributed by atoms with E-state index >= 15 is 0 Å². The molecule has 1 aliphatic rings. The molecule has 1 aromatic heterocycles. The summed E-state index contributed by atoms with van der Waals surface area (Å²) in [6.45, 7) is 1.52. The molecule has 0 atom stereocenters. The summed E-state index contributed by atoms with van der Waals surface area (Å²) >= 11 is 5.87. The van der Waals surface area contributed by atoms with Crippen LogP contribution in [0.25, 0.3) is 0 Å². The Balaban J connectivity index is 1.50. The number of hydrogen-bond acceptors (Lipinski definition) is 2. The fourth-order valence-electron chi connectivity index (χ4n) is 3.24. The predicted octanol–water partition coefficient (Wildman–Crippen LogP) is 3.37. The molecule has 1 saturated heterocycles. The van der Waals surface area contributed by atoms with Gasteiger partial charge in [0, 0.05) is 36.8 Å². The molecule has 1 N–H and O–H groups in total. The Morgan fingerprint density at radius 2 is 1.88 bits per heavy atom. The number of nitrogens with one attached hydrogen (secondary N) is 1. The van der Waals surface area contributed by atoms with Crippen molar-refractivity contribution < 1.29 is 4.79 Å². The highest BCUT2D eigenvalue weighted by Crippen LogP contribution is 2.27. The minimum Gasteiger partial charge on any atom is -0.343 e. The predicted molar refractivity (Wildman–Crippen MR) is 95.4 cm³/mol. The number of halogens is 1. The van der Waals surface area contributed by atoms with Crippen molar-refractivity contribution in [1.29, 1.82) is 0 Å². The lowest BCUT2D eigenvalue weighted by atomic mass is 9.90. The molecule has 4 nitrogen and oxygen atoms in total. The van der Waals surface area contributed by atoms with Crippen LogP contribution >= 0.6 is 11.6 Å². The maximum Gasteiger partial charge on any atom is 0.248 e. The highest BCUT2D eigenvalue weighted by atomic mass is 35.5. The third-order valence-corrected chi connectivity index (χ3v) is 4.91. The molecule has 1 fully saturated rings. The number of carbonyl (C=O) groups excluding carboxylic acids is 1. The average Bonchev–Trinajstić information content (AvgIpc) is 2.61. The van der Waals surface area contributed by atoms with E-state index in [0.717, 1.165) is 43.5 Å². The van der Waals surface area contributed by atoms with E-state index in [0.29, 0.717) is 17.4 Å². The van der Waals surface area contributed by atoms with Gasteiger partial charge in [-0.15, -0.1) is 0 Å². The SMILES string of the molecule is O=C(CCc1ccc(Cl)cc1)N1CCC(c2cc[nH]c(=O)c2)CC1. The molecular formula is C19H21ClN2O2. The summed E-state index contributed by atoms with van der Waals surface area (Å²) in [5, 5.41) is 0.715. The van der Waals surface area contributed by atoms with Gasteiger partial charge in [-0.3, -0.25) is 9.59 Å². The summed E-state index contributed by atoms with van der Waals surface area (Å²) in [6.07, 6.45) is 4.79. The van der Waals surface area contributed by atoms with Gasteiger partial charge in [0.2, 0.25) is 11.5 Å². The monoisotopic (exact) mass is 344 g/mol.